The molecule has 0 spiro atoms. The first-order valence-electron chi connectivity index (χ1n) is 12.0. The number of fused-ring (bicyclic) bond motifs is 1. The molecule has 0 radical (unpaired) electrons. The molecule has 0 saturated heterocycles. The Hall–Kier alpha value is -4.84. The lowest BCUT2D eigenvalue weighted by molar-refractivity contribution is -0.137. The fourth-order valence-corrected chi connectivity index (χ4v) is 4.12. The molecular formula is C28H21F4N5O3. The van der Waals surface area contributed by atoms with Crippen molar-refractivity contribution in [2.75, 3.05) is 18.5 Å². The highest BCUT2D eigenvalue weighted by atomic mass is 19.4. The Balaban J connectivity index is 1.59. The van der Waals surface area contributed by atoms with Crippen LogP contribution in [0, 0.1) is 12.7 Å². The van der Waals surface area contributed by atoms with Crippen molar-refractivity contribution in [2.24, 2.45) is 0 Å². The summed E-state index contributed by atoms with van der Waals surface area (Å²) < 4.78 is 60.5. The number of alkyl halides is 3. The lowest BCUT2D eigenvalue weighted by Crippen LogP contribution is -2.14. The lowest BCUT2D eigenvalue weighted by atomic mass is 10.0. The molecule has 3 heterocycles. The first-order valence-corrected chi connectivity index (χ1v) is 12.0. The van der Waals surface area contributed by atoms with Crippen LogP contribution in [0.25, 0.3) is 28.2 Å². The Morgan fingerprint density at radius 2 is 1.88 bits per heavy atom. The summed E-state index contributed by atoms with van der Waals surface area (Å²) in [7, 11) is 0. The quantitative estimate of drug-likeness (QED) is 0.257. The highest BCUT2D eigenvalue weighted by Crippen LogP contribution is 2.36. The SMILES string of the molecule is Cc1cc(-c2nc3c(OCCO)ccnn3c2-c2ccnc(NC(=O)c3cccc(C(F)(F)F)c3)c2)ccc1F. The highest BCUT2D eigenvalue weighted by molar-refractivity contribution is 6.04. The van der Waals surface area contributed by atoms with E-state index < -0.39 is 17.6 Å². The van der Waals surface area contributed by atoms with Gasteiger partial charge in [0.25, 0.3) is 5.91 Å². The van der Waals surface area contributed by atoms with E-state index in [-0.39, 0.29) is 30.4 Å². The average Bonchev–Trinajstić information content (AvgIpc) is 3.33. The minimum absolute atomic E-state index is 0.0217. The van der Waals surface area contributed by atoms with Crippen LogP contribution in [-0.2, 0) is 6.18 Å². The van der Waals surface area contributed by atoms with Gasteiger partial charge in [0.05, 0.1) is 24.1 Å². The summed E-state index contributed by atoms with van der Waals surface area (Å²) in [5, 5.41) is 16.2. The van der Waals surface area contributed by atoms with Crippen LogP contribution >= 0.6 is 0 Å². The van der Waals surface area contributed by atoms with E-state index in [1.165, 1.54) is 35.1 Å². The van der Waals surface area contributed by atoms with Crippen LogP contribution in [0.4, 0.5) is 23.4 Å². The zero-order valence-electron chi connectivity index (χ0n) is 20.9. The monoisotopic (exact) mass is 551 g/mol. The normalized spacial score (nSPS) is 11.6. The number of aliphatic hydroxyl groups is 1. The maximum Gasteiger partial charge on any atom is 0.416 e. The van der Waals surface area contributed by atoms with Crippen LogP contribution in [0.3, 0.4) is 0 Å². The Bertz CT molecular complexity index is 1720. The predicted molar refractivity (Wildman–Crippen MR) is 138 cm³/mol. The van der Waals surface area contributed by atoms with Crippen LogP contribution in [0.2, 0.25) is 0 Å². The summed E-state index contributed by atoms with van der Waals surface area (Å²) in [6.45, 7) is 1.43. The molecule has 0 aliphatic rings. The maximum atomic E-state index is 14.1. The van der Waals surface area contributed by atoms with E-state index in [1.54, 1.807) is 31.2 Å². The molecule has 5 rings (SSSR count). The number of hydrogen-bond donors (Lipinski definition) is 2. The molecule has 1 amide bonds. The van der Waals surface area contributed by atoms with Crippen molar-refractivity contribution in [3.05, 3.63) is 95.6 Å². The van der Waals surface area contributed by atoms with Crippen molar-refractivity contribution in [3.63, 3.8) is 0 Å². The van der Waals surface area contributed by atoms with E-state index >= 15 is 0 Å². The molecule has 2 N–H and O–H groups in total. The molecule has 0 fully saturated rings. The number of hydrogen-bond acceptors (Lipinski definition) is 6. The van der Waals surface area contributed by atoms with Crippen molar-refractivity contribution in [1.29, 1.82) is 0 Å². The van der Waals surface area contributed by atoms with Crippen molar-refractivity contribution in [1.82, 2.24) is 19.6 Å². The molecule has 204 valence electrons. The van der Waals surface area contributed by atoms with Crippen molar-refractivity contribution < 1.29 is 32.2 Å². The Morgan fingerprint density at radius 3 is 2.62 bits per heavy atom. The van der Waals surface area contributed by atoms with Crippen LogP contribution in [0.1, 0.15) is 21.5 Å². The second-order valence-electron chi connectivity index (χ2n) is 8.74. The third-order valence-electron chi connectivity index (χ3n) is 5.99. The molecule has 5 aromatic rings. The number of halogens is 4. The molecule has 2 aromatic carbocycles. The Kier molecular flexibility index (Phi) is 7.18. The minimum atomic E-state index is -4.60. The fraction of sp³-hybridized carbons (Fsp3) is 0.143. The predicted octanol–water partition coefficient (Wildman–Crippen LogP) is 5.55. The Labute approximate surface area is 224 Å². The highest BCUT2D eigenvalue weighted by Gasteiger charge is 2.31. The topological polar surface area (TPSA) is 102 Å². The molecule has 0 bridgehead atoms. The number of amides is 1. The number of benzene rings is 2. The van der Waals surface area contributed by atoms with Gasteiger partial charge < -0.3 is 15.2 Å². The summed E-state index contributed by atoms with van der Waals surface area (Å²) in [5.74, 6) is -0.741. The number of imidazole rings is 1. The first kappa shape index (κ1) is 26.8. The van der Waals surface area contributed by atoms with Crippen LogP contribution in [0.5, 0.6) is 5.75 Å². The van der Waals surface area contributed by atoms with Crippen LogP contribution in [-0.4, -0.2) is 43.8 Å². The van der Waals surface area contributed by atoms with Gasteiger partial charge in [-0.3, -0.25) is 4.79 Å². The number of aryl methyl sites for hydroxylation is 1. The number of aliphatic hydroxyl groups excluding tert-OH is 1. The summed E-state index contributed by atoms with van der Waals surface area (Å²) >= 11 is 0. The average molecular weight is 552 g/mol. The van der Waals surface area contributed by atoms with E-state index in [1.807, 2.05) is 0 Å². The number of carbonyl (C=O) groups excluding carboxylic acids is 1. The smallest absolute Gasteiger partial charge is 0.416 e. The van der Waals surface area contributed by atoms with Gasteiger partial charge in [-0.25, -0.2) is 18.9 Å². The lowest BCUT2D eigenvalue weighted by Gasteiger charge is -2.10. The van der Waals surface area contributed by atoms with Gasteiger partial charge in [-0.2, -0.15) is 18.3 Å². The van der Waals surface area contributed by atoms with E-state index in [9.17, 15) is 27.5 Å². The molecule has 0 unspecified atom stereocenters. The molecule has 8 nitrogen and oxygen atoms in total. The number of nitrogens with one attached hydrogen (secondary N) is 1. The number of nitrogens with zero attached hydrogens (tertiary/aromatic N) is 4. The second kappa shape index (κ2) is 10.7. The summed E-state index contributed by atoms with van der Waals surface area (Å²) in [5.41, 5.74) is 1.57. The van der Waals surface area contributed by atoms with Crippen LogP contribution in [0.15, 0.2) is 73.1 Å². The van der Waals surface area contributed by atoms with Gasteiger partial charge >= 0.3 is 6.18 Å². The molecule has 40 heavy (non-hydrogen) atoms. The summed E-state index contributed by atoms with van der Waals surface area (Å²) in [6.07, 6.45) is -1.69. The maximum absolute atomic E-state index is 14.1. The number of aromatic nitrogens is 4. The van der Waals surface area contributed by atoms with E-state index in [2.05, 4.69) is 15.4 Å². The number of ether oxygens (including phenoxy) is 1. The van der Waals surface area contributed by atoms with Crippen molar-refractivity contribution in [3.8, 4) is 28.3 Å². The van der Waals surface area contributed by atoms with Gasteiger partial charge in [0, 0.05) is 29.0 Å². The number of anilines is 1. The molecule has 0 aliphatic heterocycles. The molecule has 0 atom stereocenters. The third-order valence-corrected chi connectivity index (χ3v) is 5.99. The van der Waals surface area contributed by atoms with Gasteiger partial charge in [0.2, 0.25) is 0 Å². The molecule has 0 aliphatic carbocycles. The van der Waals surface area contributed by atoms with Gasteiger partial charge in [0.1, 0.15) is 23.9 Å². The second-order valence-corrected chi connectivity index (χ2v) is 8.74. The largest absolute Gasteiger partial charge is 0.487 e. The first-order chi connectivity index (χ1) is 19.2. The van der Waals surface area contributed by atoms with Gasteiger partial charge in [0.15, 0.2) is 11.4 Å². The van der Waals surface area contributed by atoms with Gasteiger partial charge in [-0.1, -0.05) is 6.07 Å². The number of carbonyl (C=O) groups is 1. The zero-order valence-corrected chi connectivity index (χ0v) is 20.9. The number of rotatable bonds is 7. The summed E-state index contributed by atoms with van der Waals surface area (Å²) in [6, 6.07) is 13.3. The standard InChI is InChI=1S/C28H21F4N5O3/c1-16-13-17(5-6-21(16)29)24-25(37-26(36-24)22(8-10-34-37)40-12-11-38)18-7-9-33-23(15-18)35-27(39)19-3-2-4-20(14-19)28(30,31)32/h2-10,13-15,38H,11-12H2,1H3,(H,33,35,39). The Morgan fingerprint density at radius 1 is 1.05 bits per heavy atom. The third kappa shape index (κ3) is 5.34. The number of pyridine rings is 1. The molecule has 12 heteroatoms. The molecule has 3 aromatic heterocycles. The van der Waals surface area contributed by atoms with Gasteiger partial charge in [-0.15, -0.1) is 0 Å². The molecule has 0 saturated carbocycles. The van der Waals surface area contributed by atoms with Gasteiger partial charge in [-0.05, 0) is 61.0 Å². The van der Waals surface area contributed by atoms with Crippen LogP contribution < -0.4 is 10.1 Å². The summed E-state index contributed by atoms with van der Waals surface area (Å²) in [4.78, 5) is 21.6. The van der Waals surface area contributed by atoms with Crippen molar-refractivity contribution >= 4 is 17.4 Å². The zero-order chi connectivity index (χ0) is 28.4. The minimum Gasteiger partial charge on any atom is -0.487 e. The molecular weight excluding hydrogens is 530 g/mol. The fourth-order valence-electron chi connectivity index (χ4n) is 4.12. The van der Waals surface area contributed by atoms with E-state index in [4.69, 9.17) is 9.72 Å². The van der Waals surface area contributed by atoms with E-state index in [0.717, 1.165) is 18.2 Å². The van der Waals surface area contributed by atoms with Crippen molar-refractivity contribution in [2.45, 2.75) is 13.1 Å². The van der Waals surface area contributed by atoms with E-state index in [0.29, 0.717) is 39.5 Å².